The Balaban J connectivity index is 3.31. The summed E-state index contributed by atoms with van der Waals surface area (Å²) in [6.07, 6.45) is 1.46. The van der Waals surface area contributed by atoms with Gasteiger partial charge in [-0.1, -0.05) is 0 Å². The Morgan fingerprint density at radius 3 is 2.35 bits per heavy atom. The quantitative estimate of drug-likeness (QED) is 0.596. The van der Waals surface area contributed by atoms with Crippen LogP contribution in [0.1, 0.15) is 18.1 Å². The molecule has 0 unspecified atom stereocenters. The van der Waals surface area contributed by atoms with Gasteiger partial charge in [0.25, 0.3) is 0 Å². The number of methoxy groups -OCH3 is 2. The number of benzene rings is 1. The zero-order valence-electron chi connectivity index (χ0n) is 10.3. The van der Waals surface area contributed by atoms with E-state index in [1.807, 2.05) is 6.92 Å². The number of hydrogen-bond acceptors (Lipinski definition) is 4. The molecule has 0 bridgehead atoms. The van der Waals surface area contributed by atoms with Crippen LogP contribution in [0.15, 0.2) is 17.8 Å². The summed E-state index contributed by atoms with van der Waals surface area (Å²) < 4.78 is 10.4. The first kappa shape index (κ1) is 13.0. The van der Waals surface area contributed by atoms with Gasteiger partial charge in [0.2, 0.25) is 5.70 Å². The van der Waals surface area contributed by atoms with Crippen LogP contribution in [-0.4, -0.2) is 19.1 Å². The summed E-state index contributed by atoms with van der Waals surface area (Å²) >= 11 is 0. The van der Waals surface area contributed by atoms with Gasteiger partial charge >= 0.3 is 0 Å². The molecule has 0 aliphatic heterocycles. The SMILES string of the molecule is COc1cc(/C=C(/C)[N+](=O)[O-])c(OC)cc1C. The first-order chi connectivity index (χ1) is 7.99. The van der Waals surface area contributed by atoms with Crippen LogP contribution in [-0.2, 0) is 0 Å². The standard InChI is InChI=1S/C12H15NO4/c1-8-5-12(17-4)10(7-11(8)16-3)6-9(2)13(14)15/h5-7H,1-4H3/b9-6-. The average Bonchev–Trinajstić information content (AvgIpc) is 2.30. The summed E-state index contributed by atoms with van der Waals surface area (Å²) in [4.78, 5) is 10.2. The zero-order valence-corrected chi connectivity index (χ0v) is 10.3. The van der Waals surface area contributed by atoms with E-state index in [0.717, 1.165) is 5.56 Å². The minimum atomic E-state index is -0.439. The van der Waals surface area contributed by atoms with Crippen molar-refractivity contribution < 1.29 is 14.4 Å². The van der Waals surface area contributed by atoms with E-state index in [-0.39, 0.29) is 5.70 Å². The number of nitro groups is 1. The molecule has 5 heteroatoms. The molecule has 17 heavy (non-hydrogen) atoms. The zero-order chi connectivity index (χ0) is 13.0. The van der Waals surface area contributed by atoms with Crippen molar-refractivity contribution in [2.75, 3.05) is 14.2 Å². The number of rotatable bonds is 4. The van der Waals surface area contributed by atoms with Gasteiger partial charge in [-0.05, 0) is 24.6 Å². The molecule has 0 saturated carbocycles. The fourth-order valence-corrected chi connectivity index (χ4v) is 1.46. The maximum Gasteiger partial charge on any atom is 0.243 e. The van der Waals surface area contributed by atoms with E-state index in [1.54, 1.807) is 19.2 Å². The van der Waals surface area contributed by atoms with Gasteiger partial charge in [-0.2, -0.15) is 0 Å². The summed E-state index contributed by atoms with van der Waals surface area (Å²) in [5, 5.41) is 10.6. The van der Waals surface area contributed by atoms with Gasteiger partial charge < -0.3 is 9.47 Å². The molecule has 0 aliphatic carbocycles. The lowest BCUT2D eigenvalue weighted by Gasteiger charge is -2.10. The first-order valence-electron chi connectivity index (χ1n) is 5.05. The highest BCUT2D eigenvalue weighted by molar-refractivity contribution is 5.62. The van der Waals surface area contributed by atoms with Crippen molar-refractivity contribution in [1.82, 2.24) is 0 Å². The smallest absolute Gasteiger partial charge is 0.243 e. The van der Waals surface area contributed by atoms with Crippen molar-refractivity contribution in [2.45, 2.75) is 13.8 Å². The van der Waals surface area contributed by atoms with Crippen LogP contribution in [0, 0.1) is 17.0 Å². The van der Waals surface area contributed by atoms with E-state index in [9.17, 15) is 10.1 Å². The van der Waals surface area contributed by atoms with Crippen LogP contribution in [0.3, 0.4) is 0 Å². The van der Waals surface area contributed by atoms with E-state index in [1.165, 1.54) is 20.1 Å². The second kappa shape index (κ2) is 5.34. The summed E-state index contributed by atoms with van der Waals surface area (Å²) in [7, 11) is 3.09. The van der Waals surface area contributed by atoms with Crippen LogP contribution in [0.2, 0.25) is 0 Å². The minimum Gasteiger partial charge on any atom is -0.496 e. The van der Waals surface area contributed by atoms with Crippen molar-refractivity contribution in [3.05, 3.63) is 39.1 Å². The van der Waals surface area contributed by atoms with E-state index in [0.29, 0.717) is 17.1 Å². The molecular weight excluding hydrogens is 222 g/mol. The van der Waals surface area contributed by atoms with Gasteiger partial charge in [-0.3, -0.25) is 10.1 Å². The summed E-state index contributed by atoms with van der Waals surface area (Å²) in [6, 6.07) is 3.51. The number of ether oxygens (including phenoxy) is 2. The lowest BCUT2D eigenvalue weighted by Crippen LogP contribution is -1.96. The Bertz CT molecular complexity index is 466. The highest BCUT2D eigenvalue weighted by Crippen LogP contribution is 2.29. The number of nitrogens with zero attached hydrogens (tertiary/aromatic N) is 1. The van der Waals surface area contributed by atoms with Crippen LogP contribution in [0.4, 0.5) is 0 Å². The van der Waals surface area contributed by atoms with E-state index in [4.69, 9.17) is 9.47 Å². The van der Waals surface area contributed by atoms with Crippen LogP contribution >= 0.6 is 0 Å². The first-order valence-corrected chi connectivity index (χ1v) is 5.05. The van der Waals surface area contributed by atoms with Crippen LogP contribution in [0.5, 0.6) is 11.5 Å². The third-order valence-electron chi connectivity index (χ3n) is 2.40. The van der Waals surface area contributed by atoms with Crippen LogP contribution in [0.25, 0.3) is 6.08 Å². The molecule has 5 nitrogen and oxygen atoms in total. The van der Waals surface area contributed by atoms with E-state index >= 15 is 0 Å². The highest BCUT2D eigenvalue weighted by Gasteiger charge is 2.10. The number of allylic oxidation sites excluding steroid dienone is 1. The third-order valence-corrected chi connectivity index (χ3v) is 2.40. The van der Waals surface area contributed by atoms with Crippen molar-refractivity contribution >= 4 is 6.08 Å². The van der Waals surface area contributed by atoms with Gasteiger partial charge in [-0.25, -0.2) is 0 Å². The molecule has 0 saturated heterocycles. The minimum absolute atomic E-state index is 0.0502. The fourth-order valence-electron chi connectivity index (χ4n) is 1.46. The van der Waals surface area contributed by atoms with Crippen molar-refractivity contribution in [3.63, 3.8) is 0 Å². The number of aryl methyl sites for hydroxylation is 1. The molecule has 0 heterocycles. The predicted molar refractivity (Wildman–Crippen MR) is 64.9 cm³/mol. The molecule has 0 aliphatic rings. The molecule has 92 valence electrons. The molecule has 1 aromatic carbocycles. The number of hydrogen-bond donors (Lipinski definition) is 0. The maximum atomic E-state index is 10.6. The van der Waals surface area contributed by atoms with E-state index in [2.05, 4.69) is 0 Å². The molecule has 1 aromatic rings. The molecule has 1 rings (SSSR count). The van der Waals surface area contributed by atoms with Gasteiger partial charge in [0, 0.05) is 18.6 Å². The second-order valence-corrected chi connectivity index (χ2v) is 3.61. The lowest BCUT2D eigenvalue weighted by molar-refractivity contribution is -0.422. The largest absolute Gasteiger partial charge is 0.496 e. The maximum absolute atomic E-state index is 10.6. The van der Waals surface area contributed by atoms with Gasteiger partial charge in [-0.15, -0.1) is 0 Å². The van der Waals surface area contributed by atoms with Gasteiger partial charge in [0.05, 0.1) is 19.1 Å². The monoisotopic (exact) mass is 237 g/mol. The molecular formula is C12H15NO4. The molecule has 0 amide bonds. The molecule has 0 atom stereocenters. The Morgan fingerprint density at radius 1 is 1.29 bits per heavy atom. The molecule has 0 radical (unpaired) electrons. The normalized spacial score (nSPS) is 11.2. The van der Waals surface area contributed by atoms with Crippen molar-refractivity contribution in [2.24, 2.45) is 0 Å². The predicted octanol–water partition coefficient (Wildman–Crippen LogP) is 2.65. The van der Waals surface area contributed by atoms with E-state index < -0.39 is 4.92 Å². The van der Waals surface area contributed by atoms with Crippen molar-refractivity contribution in [3.8, 4) is 11.5 Å². The third kappa shape index (κ3) is 2.96. The molecule has 0 spiro atoms. The van der Waals surface area contributed by atoms with Crippen LogP contribution < -0.4 is 9.47 Å². The Labute approximate surface area is 99.8 Å². The summed E-state index contributed by atoms with van der Waals surface area (Å²) in [5.74, 6) is 1.26. The Hall–Kier alpha value is -2.04. The molecule has 0 N–H and O–H groups in total. The lowest BCUT2D eigenvalue weighted by atomic mass is 10.1. The molecule has 0 aromatic heterocycles. The average molecular weight is 237 g/mol. The summed E-state index contributed by atoms with van der Waals surface area (Å²) in [5.41, 5.74) is 1.60. The Morgan fingerprint density at radius 2 is 1.88 bits per heavy atom. The topological polar surface area (TPSA) is 61.6 Å². The fraction of sp³-hybridized carbons (Fsp3) is 0.333. The second-order valence-electron chi connectivity index (χ2n) is 3.61. The molecule has 0 fully saturated rings. The Kier molecular flexibility index (Phi) is 4.09. The van der Waals surface area contributed by atoms with Crippen molar-refractivity contribution in [1.29, 1.82) is 0 Å². The van der Waals surface area contributed by atoms with Gasteiger partial charge in [0.1, 0.15) is 11.5 Å². The summed E-state index contributed by atoms with van der Waals surface area (Å²) in [6.45, 7) is 3.32. The highest BCUT2D eigenvalue weighted by atomic mass is 16.6. The van der Waals surface area contributed by atoms with Gasteiger partial charge in [0.15, 0.2) is 0 Å².